The standard InChI is InChI=1S/C4H7N3.C3H4N3.C2H5N.Rb/c1-4-5-3-7(2)6-4;1-3-2-4-6-5-3;1-3-2;/h3H,1-2H3;2H,1H3;1H2,2H3;/q;-1;;+1. The molecule has 0 aliphatic carbocycles. The Morgan fingerprint density at radius 1 is 1.41 bits per heavy atom. The van der Waals surface area contributed by atoms with Crippen LogP contribution in [0.4, 0.5) is 0 Å². The summed E-state index contributed by atoms with van der Waals surface area (Å²) in [4.78, 5) is 7.12. The van der Waals surface area contributed by atoms with Crippen LogP contribution in [0.1, 0.15) is 11.5 Å². The Hall–Kier alpha value is -0.245. The maximum absolute atomic E-state index is 3.92. The third kappa shape index (κ3) is 12.0. The van der Waals surface area contributed by atoms with Gasteiger partial charge in [0.1, 0.15) is 12.2 Å². The molecule has 0 N–H and O–H groups in total. The first-order valence-corrected chi connectivity index (χ1v) is 4.54. The second kappa shape index (κ2) is 12.2. The summed E-state index contributed by atoms with van der Waals surface area (Å²) in [6, 6.07) is 0. The van der Waals surface area contributed by atoms with Crippen LogP contribution in [0.5, 0.6) is 0 Å². The van der Waals surface area contributed by atoms with Gasteiger partial charge in [0.15, 0.2) is 0 Å². The molecule has 0 aromatic carbocycles. The smallest absolute Gasteiger partial charge is 0.358 e. The number of hydrogen-bond donors (Lipinski definition) is 0. The molecule has 2 rings (SSSR count). The summed E-state index contributed by atoms with van der Waals surface area (Å²) in [5.41, 5.74) is 0.870. The van der Waals surface area contributed by atoms with Crippen LogP contribution < -0.4 is 63.3 Å². The van der Waals surface area contributed by atoms with Crippen molar-refractivity contribution in [3.05, 3.63) is 24.0 Å². The SMILES string of the molecule is C=NC.Cc1c[n-]nn1.Cc1ncn(C)n1.[Rb+]. The van der Waals surface area contributed by atoms with E-state index in [2.05, 4.69) is 37.2 Å². The number of hydrogen-bond acceptors (Lipinski definition) is 5. The molecule has 0 saturated heterocycles. The fourth-order valence-corrected chi connectivity index (χ4v) is 0.679. The summed E-state index contributed by atoms with van der Waals surface area (Å²) in [6.45, 7) is 6.82. The molecule has 0 amide bonds. The predicted molar refractivity (Wildman–Crippen MR) is 61.3 cm³/mol. The van der Waals surface area contributed by atoms with Crippen LogP contribution >= 0.6 is 0 Å². The first-order chi connectivity index (χ1) is 7.60. The molecule has 0 unspecified atom stereocenters. The van der Waals surface area contributed by atoms with E-state index in [9.17, 15) is 0 Å². The van der Waals surface area contributed by atoms with Crippen molar-refractivity contribution >= 4 is 6.72 Å². The zero-order valence-electron chi connectivity index (χ0n) is 11.0. The normalized spacial score (nSPS) is 7.76. The van der Waals surface area contributed by atoms with E-state index >= 15 is 0 Å². The van der Waals surface area contributed by atoms with E-state index in [1.54, 1.807) is 24.3 Å². The second-order valence-electron chi connectivity index (χ2n) is 2.86. The van der Waals surface area contributed by atoms with Gasteiger partial charge in [-0.15, -0.1) is 0 Å². The van der Waals surface area contributed by atoms with Crippen LogP contribution in [-0.2, 0) is 7.05 Å². The molecule has 0 saturated carbocycles. The summed E-state index contributed by atoms with van der Waals surface area (Å²) >= 11 is 0. The number of nitrogens with zero attached hydrogens (tertiary/aromatic N) is 7. The van der Waals surface area contributed by atoms with E-state index in [1.807, 2.05) is 20.9 Å². The van der Waals surface area contributed by atoms with Crippen molar-refractivity contribution in [3.8, 4) is 0 Å². The Kier molecular flexibility index (Phi) is 13.7. The first-order valence-electron chi connectivity index (χ1n) is 4.54. The Balaban J connectivity index is 0. The van der Waals surface area contributed by atoms with E-state index in [0.29, 0.717) is 0 Å². The minimum Gasteiger partial charge on any atom is -0.358 e. The molecule has 88 valence electrons. The minimum absolute atomic E-state index is 0. The Labute approximate surface area is 150 Å². The van der Waals surface area contributed by atoms with E-state index < -0.39 is 0 Å². The molecule has 2 heterocycles. The van der Waals surface area contributed by atoms with Crippen molar-refractivity contribution in [2.75, 3.05) is 7.05 Å². The molecule has 2 aromatic rings. The fourth-order valence-electron chi connectivity index (χ4n) is 0.679. The quantitative estimate of drug-likeness (QED) is 0.491. The second-order valence-corrected chi connectivity index (χ2v) is 2.86. The van der Waals surface area contributed by atoms with Gasteiger partial charge in [-0.25, -0.2) is 4.98 Å². The van der Waals surface area contributed by atoms with Crippen LogP contribution in [-0.4, -0.2) is 38.8 Å². The Morgan fingerprint density at radius 2 is 2.00 bits per heavy atom. The molecule has 0 aliphatic rings. The van der Waals surface area contributed by atoms with Gasteiger partial charge in [-0.2, -0.15) is 5.10 Å². The number of aliphatic imine (C=N–C) groups is 1. The topological polar surface area (TPSA) is 83.0 Å². The zero-order valence-corrected chi connectivity index (χ0v) is 15.9. The fraction of sp³-hybridized carbons (Fsp3) is 0.444. The van der Waals surface area contributed by atoms with Gasteiger partial charge in [0.2, 0.25) is 0 Å². The van der Waals surface area contributed by atoms with Gasteiger partial charge in [0.25, 0.3) is 0 Å². The minimum atomic E-state index is 0. The molecule has 0 atom stereocenters. The molecule has 17 heavy (non-hydrogen) atoms. The van der Waals surface area contributed by atoms with Crippen molar-refractivity contribution in [3.63, 3.8) is 0 Å². The van der Waals surface area contributed by atoms with Gasteiger partial charge in [-0.1, -0.05) is 11.9 Å². The molecule has 0 bridgehead atoms. The van der Waals surface area contributed by atoms with E-state index in [4.69, 9.17) is 0 Å². The van der Waals surface area contributed by atoms with Crippen molar-refractivity contribution in [1.29, 1.82) is 0 Å². The molecular weight excluding hydrogens is 292 g/mol. The summed E-state index contributed by atoms with van der Waals surface area (Å²) in [5, 5.41) is 14.3. The van der Waals surface area contributed by atoms with Gasteiger partial charge in [0.05, 0.1) is 0 Å². The molecule has 2 aromatic heterocycles. The molecule has 0 radical (unpaired) electrons. The van der Waals surface area contributed by atoms with E-state index in [1.165, 1.54) is 0 Å². The van der Waals surface area contributed by atoms with Crippen LogP contribution in [0.2, 0.25) is 0 Å². The van der Waals surface area contributed by atoms with Gasteiger partial charge in [-0.05, 0) is 20.6 Å². The summed E-state index contributed by atoms with van der Waals surface area (Å²) in [7, 11) is 3.49. The largest absolute Gasteiger partial charge is 1.00 e. The van der Waals surface area contributed by atoms with Gasteiger partial charge in [0, 0.05) is 14.1 Å². The van der Waals surface area contributed by atoms with Crippen molar-refractivity contribution < 1.29 is 58.2 Å². The van der Waals surface area contributed by atoms with Crippen LogP contribution in [0.15, 0.2) is 17.5 Å². The number of aryl methyl sites for hydroxylation is 3. The maximum Gasteiger partial charge on any atom is 1.00 e. The molecule has 7 nitrogen and oxygen atoms in total. The first kappa shape index (κ1) is 19.1. The molecule has 8 heteroatoms. The van der Waals surface area contributed by atoms with Crippen molar-refractivity contribution in [2.45, 2.75) is 13.8 Å². The van der Waals surface area contributed by atoms with E-state index in [-0.39, 0.29) is 58.2 Å². The zero-order chi connectivity index (χ0) is 12.4. The summed E-state index contributed by atoms with van der Waals surface area (Å²) < 4.78 is 1.68. The summed E-state index contributed by atoms with van der Waals surface area (Å²) in [5.74, 6) is 0.822. The maximum atomic E-state index is 3.92. The molecule has 0 fully saturated rings. The number of aromatic nitrogens is 6. The van der Waals surface area contributed by atoms with Crippen LogP contribution in [0.3, 0.4) is 0 Å². The summed E-state index contributed by atoms with van der Waals surface area (Å²) in [6.07, 6.45) is 3.29. The molecule has 0 spiro atoms. The third-order valence-electron chi connectivity index (χ3n) is 1.21. The van der Waals surface area contributed by atoms with Crippen molar-refractivity contribution in [1.82, 2.24) is 30.2 Å². The van der Waals surface area contributed by atoms with Crippen LogP contribution in [0, 0.1) is 13.8 Å². The van der Waals surface area contributed by atoms with Gasteiger partial charge < -0.3 is 15.2 Å². The monoisotopic (exact) mass is 307 g/mol. The molecular formula is C9H16N7Rb. The average Bonchev–Trinajstić information content (AvgIpc) is 2.80. The van der Waals surface area contributed by atoms with Crippen LogP contribution in [0.25, 0.3) is 0 Å². The van der Waals surface area contributed by atoms with Gasteiger partial charge >= 0.3 is 58.2 Å². The Morgan fingerprint density at radius 3 is 2.12 bits per heavy atom. The van der Waals surface area contributed by atoms with Crippen molar-refractivity contribution in [2.24, 2.45) is 12.0 Å². The molecule has 0 aliphatic heterocycles. The third-order valence-corrected chi connectivity index (χ3v) is 1.21. The van der Waals surface area contributed by atoms with E-state index in [0.717, 1.165) is 11.5 Å². The average molecular weight is 308 g/mol. The van der Waals surface area contributed by atoms with Gasteiger partial charge in [-0.3, -0.25) is 9.90 Å². The Bertz CT molecular complexity index is 365. The predicted octanol–water partition coefficient (Wildman–Crippen LogP) is -2.81. The number of rotatable bonds is 0.